The second-order valence-corrected chi connectivity index (χ2v) is 10.4. The van der Waals surface area contributed by atoms with E-state index >= 15 is 0 Å². The van der Waals surface area contributed by atoms with Crippen molar-refractivity contribution in [2.75, 3.05) is 31.2 Å². The number of hydrogen-bond acceptors (Lipinski definition) is 7. The van der Waals surface area contributed by atoms with Crippen molar-refractivity contribution in [3.63, 3.8) is 0 Å². The van der Waals surface area contributed by atoms with Crippen molar-refractivity contribution in [1.82, 2.24) is 14.9 Å². The van der Waals surface area contributed by atoms with Gasteiger partial charge < -0.3 is 19.4 Å². The van der Waals surface area contributed by atoms with Crippen molar-refractivity contribution in [2.45, 2.75) is 43.3 Å². The first-order valence-electron chi connectivity index (χ1n) is 13.0. The average Bonchev–Trinajstić information content (AvgIpc) is 3.49. The van der Waals surface area contributed by atoms with E-state index in [0.29, 0.717) is 61.0 Å². The molecule has 9 heteroatoms. The molecule has 0 unspecified atom stereocenters. The number of carbonyl (C=O) groups excluding carboxylic acids is 1. The highest BCUT2D eigenvalue weighted by atomic mass is 32.2. The lowest BCUT2D eigenvalue weighted by Crippen LogP contribution is -2.36. The summed E-state index contributed by atoms with van der Waals surface area (Å²) in [5, 5.41) is 3.68. The predicted molar refractivity (Wildman–Crippen MR) is 150 cm³/mol. The van der Waals surface area contributed by atoms with Crippen LogP contribution in [0.3, 0.4) is 0 Å². The number of aryl methyl sites for hydroxylation is 1. The number of benzene rings is 2. The molecular formula is C29H32N4O4S. The highest BCUT2D eigenvalue weighted by Crippen LogP contribution is 2.27. The second kappa shape index (κ2) is 12.3. The van der Waals surface area contributed by atoms with Gasteiger partial charge in [0.2, 0.25) is 5.91 Å². The van der Waals surface area contributed by atoms with Gasteiger partial charge in [0.15, 0.2) is 5.16 Å². The second-order valence-electron chi connectivity index (χ2n) is 9.20. The lowest BCUT2D eigenvalue weighted by atomic mass is 10.1. The Labute approximate surface area is 226 Å². The van der Waals surface area contributed by atoms with Crippen LogP contribution in [0, 0.1) is 0 Å². The summed E-state index contributed by atoms with van der Waals surface area (Å²) >= 11 is 1.34. The highest BCUT2D eigenvalue weighted by Gasteiger charge is 2.23. The lowest BCUT2D eigenvalue weighted by molar-refractivity contribution is -0.120. The summed E-state index contributed by atoms with van der Waals surface area (Å²) in [7, 11) is 0. The number of nitrogens with zero attached hydrogens (tertiary/aromatic N) is 3. The van der Waals surface area contributed by atoms with Gasteiger partial charge in [0.1, 0.15) is 5.76 Å². The largest absolute Gasteiger partial charge is 0.467 e. The quantitative estimate of drug-likeness (QED) is 0.241. The molecule has 1 saturated heterocycles. The van der Waals surface area contributed by atoms with Crippen LogP contribution in [-0.2, 0) is 29.0 Å². The molecule has 1 aliphatic heterocycles. The molecule has 1 amide bonds. The van der Waals surface area contributed by atoms with Crippen molar-refractivity contribution in [1.29, 1.82) is 0 Å². The molecule has 1 fully saturated rings. The molecule has 0 bridgehead atoms. The molecule has 2 aromatic carbocycles. The molecule has 0 spiro atoms. The number of anilines is 1. The highest BCUT2D eigenvalue weighted by molar-refractivity contribution is 8.00. The third-order valence-electron chi connectivity index (χ3n) is 6.67. The molecule has 1 aliphatic rings. The Morgan fingerprint density at radius 1 is 1.11 bits per heavy atom. The first-order valence-corrected chi connectivity index (χ1v) is 13.9. The van der Waals surface area contributed by atoms with Gasteiger partial charge >= 0.3 is 0 Å². The van der Waals surface area contributed by atoms with Crippen LogP contribution in [-0.4, -0.2) is 47.0 Å². The van der Waals surface area contributed by atoms with Gasteiger partial charge in [-0.15, -0.1) is 0 Å². The molecule has 198 valence electrons. The Balaban J connectivity index is 1.45. The Morgan fingerprint density at radius 2 is 1.92 bits per heavy atom. The van der Waals surface area contributed by atoms with E-state index in [0.717, 1.165) is 24.3 Å². The summed E-state index contributed by atoms with van der Waals surface area (Å²) in [5.74, 6) is 0.582. The Morgan fingerprint density at radius 3 is 2.66 bits per heavy atom. The fourth-order valence-electron chi connectivity index (χ4n) is 4.53. The van der Waals surface area contributed by atoms with E-state index in [2.05, 4.69) is 22.3 Å². The summed E-state index contributed by atoms with van der Waals surface area (Å²) in [6.45, 7) is 5.69. The van der Waals surface area contributed by atoms with Crippen LogP contribution >= 0.6 is 11.8 Å². The third kappa shape index (κ3) is 6.11. The van der Waals surface area contributed by atoms with E-state index in [1.54, 1.807) is 16.9 Å². The van der Waals surface area contributed by atoms with Crippen molar-refractivity contribution in [2.24, 2.45) is 0 Å². The van der Waals surface area contributed by atoms with Gasteiger partial charge in [0, 0.05) is 25.3 Å². The number of rotatable bonds is 10. The smallest absolute Gasteiger partial charge is 0.262 e. The van der Waals surface area contributed by atoms with Crippen LogP contribution in [0.4, 0.5) is 5.69 Å². The maximum atomic E-state index is 13.9. The third-order valence-corrected chi connectivity index (χ3v) is 8.03. The number of nitrogens with one attached hydrogen (secondary N) is 1. The zero-order valence-corrected chi connectivity index (χ0v) is 22.3. The van der Waals surface area contributed by atoms with E-state index < -0.39 is 5.25 Å². The maximum Gasteiger partial charge on any atom is 0.262 e. The standard InChI is InChI=1S/C29H32N4O4S/c1-2-26(27(34)30-20-23-9-6-16-37-23)38-29-31-25-11-10-22(32-14-17-36-18-15-32)19-24(25)28(35)33(29)13-12-21-7-4-3-5-8-21/h3-11,16,19,26H,2,12-15,17-18,20H2,1H3,(H,30,34)/t26-/m0/s1. The molecule has 0 radical (unpaired) electrons. The molecule has 1 N–H and O–H groups in total. The molecule has 0 aliphatic carbocycles. The minimum atomic E-state index is -0.398. The number of fused-ring (bicyclic) bond motifs is 1. The van der Waals surface area contributed by atoms with Gasteiger partial charge in [0.25, 0.3) is 5.56 Å². The van der Waals surface area contributed by atoms with Crippen molar-refractivity contribution >= 4 is 34.3 Å². The zero-order valence-electron chi connectivity index (χ0n) is 21.5. The molecule has 0 saturated carbocycles. The van der Waals surface area contributed by atoms with Crippen LogP contribution < -0.4 is 15.8 Å². The monoisotopic (exact) mass is 532 g/mol. The molecule has 3 heterocycles. The van der Waals surface area contributed by atoms with Gasteiger partial charge in [0.05, 0.1) is 42.2 Å². The van der Waals surface area contributed by atoms with E-state index in [1.807, 2.05) is 49.4 Å². The minimum Gasteiger partial charge on any atom is -0.467 e. The SMILES string of the molecule is CC[C@H](Sc1nc2ccc(N3CCOCC3)cc2c(=O)n1CCc1ccccc1)C(=O)NCc1ccco1. The molecule has 38 heavy (non-hydrogen) atoms. The number of hydrogen-bond donors (Lipinski definition) is 1. The summed E-state index contributed by atoms with van der Waals surface area (Å²) in [5.41, 5.74) is 2.69. The van der Waals surface area contributed by atoms with Crippen LogP contribution in [0.2, 0.25) is 0 Å². The topological polar surface area (TPSA) is 89.6 Å². The fraction of sp³-hybridized carbons (Fsp3) is 0.345. The molecule has 5 rings (SSSR count). The molecule has 4 aromatic rings. The normalized spacial score (nSPS) is 14.5. The van der Waals surface area contributed by atoms with Gasteiger partial charge in [-0.2, -0.15) is 0 Å². The number of aromatic nitrogens is 2. The van der Waals surface area contributed by atoms with Crippen molar-refractivity contribution < 1.29 is 13.9 Å². The maximum absolute atomic E-state index is 13.9. The molecule has 1 atom stereocenters. The number of carbonyl (C=O) groups is 1. The summed E-state index contributed by atoms with van der Waals surface area (Å²) in [6, 6.07) is 19.6. The number of amides is 1. The zero-order chi connectivity index (χ0) is 26.3. The Kier molecular flexibility index (Phi) is 8.45. The van der Waals surface area contributed by atoms with Gasteiger partial charge in [-0.1, -0.05) is 49.0 Å². The lowest BCUT2D eigenvalue weighted by Gasteiger charge is -2.29. The van der Waals surface area contributed by atoms with Gasteiger partial charge in [-0.3, -0.25) is 14.2 Å². The van der Waals surface area contributed by atoms with Crippen molar-refractivity contribution in [3.05, 3.63) is 88.6 Å². The van der Waals surface area contributed by atoms with Crippen LogP contribution in [0.1, 0.15) is 24.7 Å². The van der Waals surface area contributed by atoms with E-state index in [9.17, 15) is 9.59 Å². The summed E-state index contributed by atoms with van der Waals surface area (Å²) in [4.78, 5) is 34.0. The molecular weight excluding hydrogens is 500 g/mol. The Bertz CT molecular complexity index is 1420. The number of ether oxygens (including phenoxy) is 1. The minimum absolute atomic E-state index is 0.0885. The van der Waals surface area contributed by atoms with Crippen molar-refractivity contribution in [3.8, 4) is 0 Å². The van der Waals surface area contributed by atoms with E-state index in [4.69, 9.17) is 14.1 Å². The fourth-order valence-corrected chi connectivity index (χ4v) is 5.59. The molecule has 8 nitrogen and oxygen atoms in total. The van der Waals surface area contributed by atoms with Crippen LogP contribution in [0.25, 0.3) is 10.9 Å². The predicted octanol–water partition coefficient (Wildman–Crippen LogP) is 4.26. The number of thioether (sulfide) groups is 1. The van der Waals surface area contributed by atoms with Gasteiger partial charge in [-0.25, -0.2) is 4.98 Å². The van der Waals surface area contributed by atoms with Crippen LogP contribution in [0.5, 0.6) is 0 Å². The van der Waals surface area contributed by atoms with Crippen LogP contribution in [0.15, 0.2) is 81.3 Å². The number of morpholine rings is 1. The summed E-state index contributed by atoms with van der Waals surface area (Å²) < 4.78 is 12.5. The first-order chi connectivity index (χ1) is 18.6. The number of furan rings is 1. The van der Waals surface area contributed by atoms with E-state index in [-0.39, 0.29) is 11.5 Å². The first kappa shape index (κ1) is 26.1. The Hall–Kier alpha value is -3.56. The summed E-state index contributed by atoms with van der Waals surface area (Å²) in [6.07, 6.45) is 2.87. The van der Waals surface area contributed by atoms with Gasteiger partial charge in [-0.05, 0) is 48.7 Å². The molecule has 2 aromatic heterocycles. The van der Waals surface area contributed by atoms with E-state index in [1.165, 1.54) is 11.8 Å². The average molecular weight is 533 g/mol.